The molecule has 2 atom stereocenters. The van der Waals surface area contributed by atoms with Gasteiger partial charge < -0.3 is 15.5 Å². The molecule has 10 heteroatoms. The summed E-state index contributed by atoms with van der Waals surface area (Å²) in [7, 11) is 0. The van der Waals surface area contributed by atoms with Crippen molar-refractivity contribution >= 4 is 17.7 Å². The van der Waals surface area contributed by atoms with E-state index in [2.05, 4.69) is 10.6 Å². The first-order chi connectivity index (χ1) is 17.9. The van der Waals surface area contributed by atoms with Gasteiger partial charge in [-0.3, -0.25) is 14.4 Å². The molecule has 38 heavy (non-hydrogen) atoms. The molecule has 2 heterocycles. The van der Waals surface area contributed by atoms with Crippen molar-refractivity contribution in [3.63, 3.8) is 0 Å². The van der Waals surface area contributed by atoms with Crippen LogP contribution in [0.3, 0.4) is 0 Å². The second kappa shape index (κ2) is 10.7. The van der Waals surface area contributed by atoms with Crippen LogP contribution in [0.5, 0.6) is 0 Å². The molecule has 0 aliphatic carbocycles. The maximum atomic E-state index is 14.3. The molecule has 0 aromatic heterocycles. The van der Waals surface area contributed by atoms with Crippen LogP contribution >= 0.6 is 0 Å². The number of halogens is 4. The van der Waals surface area contributed by atoms with Crippen molar-refractivity contribution in [2.24, 2.45) is 11.3 Å². The lowest BCUT2D eigenvalue weighted by atomic mass is 9.62. The molecule has 2 aromatic carbocycles. The summed E-state index contributed by atoms with van der Waals surface area (Å²) in [5, 5.41) is 5.42. The summed E-state index contributed by atoms with van der Waals surface area (Å²) in [6, 6.07) is 10.5. The van der Waals surface area contributed by atoms with Gasteiger partial charge in [-0.1, -0.05) is 44.2 Å². The Morgan fingerprint density at radius 1 is 1.08 bits per heavy atom. The van der Waals surface area contributed by atoms with Crippen LogP contribution < -0.4 is 10.6 Å². The number of benzene rings is 2. The highest BCUT2D eigenvalue weighted by Gasteiger charge is 2.47. The number of carbonyl (C=O) groups is 3. The molecule has 204 valence electrons. The van der Waals surface area contributed by atoms with Crippen LogP contribution in [0.1, 0.15) is 60.5 Å². The molecule has 2 aliphatic heterocycles. The molecule has 0 saturated carbocycles. The Kier molecular flexibility index (Phi) is 7.80. The van der Waals surface area contributed by atoms with Gasteiger partial charge in [-0.25, -0.2) is 4.39 Å². The summed E-state index contributed by atoms with van der Waals surface area (Å²) in [6.07, 6.45) is -3.21. The molecule has 2 fully saturated rings. The van der Waals surface area contributed by atoms with Crippen LogP contribution in [0.4, 0.5) is 17.6 Å². The molecule has 2 aliphatic rings. The summed E-state index contributed by atoms with van der Waals surface area (Å²) in [5.74, 6) is -2.88. The zero-order valence-electron chi connectivity index (χ0n) is 21.3. The predicted octanol–water partition coefficient (Wildman–Crippen LogP) is 4.51. The molecular formula is C28H31F4N3O3. The number of hydrogen-bond acceptors (Lipinski definition) is 3. The van der Waals surface area contributed by atoms with Gasteiger partial charge in [0.2, 0.25) is 11.8 Å². The summed E-state index contributed by atoms with van der Waals surface area (Å²) in [6.45, 7) is 4.66. The van der Waals surface area contributed by atoms with Crippen molar-refractivity contribution < 1.29 is 31.9 Å². The van der Waals surface area contributed by atoms with Gasteiger partial charge in [0.15, 0.2) is 0 Å². The number of rotatable bonds is 5. The number of amides is 3. The first-order valence-electron chi connectivity index (χ1n) is 12.7. The van der Waals surface area contributed by atoms with E-state index >= 15 is 0 Å². The second-order valence-corrected chi connectivity index (χ2v) is 10.5. The van der Waals surface area contributed by atoms with Crippen LogP contribution in [0.2, 0.25) is 0 Å². The van der Waals surface area contributed by atoms with Crippen LogP contribution in [0, 0.1) is 17.2 Å². The molecule has 6 nitrogen and oxygen atoms in total. The van der Waals surface area contributed by atoms with Gasteiger partial charge >= 0.3 is 6.18 Å². The van der Waals surface area contributed by atoms with E-state index in [1.807, 2.05) is 30.3 Å². The van der Waals surface area contributed by atoms with Gasteiger partial charge in [0.25, 0.3) is 5.91 Å². The molecule has 1 unspecified atom stereocenters. The minimum Gasteiger partial charge on any atom is -0.355 e. The number of likely N-dealkylation sites (tertiary alicyclic amines) is 1. The van der Waals surface area contributed by atoms with Crippen LogP contribution in [-0.4, -0.2) is 48.3 Å². The van der Waals surface area contributed by atoms with Crippen molar-refractivity contribution in [1.29, 1.82) is 0 Å². The van der Waals surface area contributed by atoms with E-state index in [0.717, 1.165) is 5.56 Å². The fourth-order valence-corrected chi connectivity index (χ4v) is 5.60. The topological polar surface area (TPSA) is 78.5 Å². The smallest absolute Gasteiger partial charge is 0.355 e. The average Bonchev–Trinajstić information content (AvgIpc) is 2.87. The van der Waals surface area contributed by atoms with Crippen molar-refractivity contribution in [3.05, 3.63) is 71.0 Å². The maximum Gasteiger partial charge on any atom is 0.416 e. The van der Waals surface area contributed by atoms with Crippen molar-refractivity contribution in [2.75, 3.05) is 19.6 Å². The Balaban J connectivity index is 1.48. The van der Waals surface area contributed by atoms with Gasteiger partial charge in [-0.2, -0.15) is 13.2 Å². The van der Waals surface area contributed by atoms with E-state index in [1.54, 1.807) is 18.7 Å². The van der Waals surface area contributed by atoms with E-state index in [0.29, 0.717) is 57.1 Å². The molecular weight excluding hydrogens is 502 g/mol. The lowest BCUT2D eigenvalue weighted by Crippen LogP contribution is -2.57. The highest BCUT2D eigenvalue weighted by Crippen LogP contribution is 2.48. The minimum atomic E-state index is -4.74. The third-order valence-electron chi connectivity index (χ3n) is 7.79. The van der Waals surface area contributed by atoms with Crippen molar-refractivity contribution in [1.82, 2.24) is 15.5 Å². The van der Waals surface area contributed by atoms with Crippen LogP contribution in [0.25, 0.3) is 0 Å². The molecule has 4 rings (SSSR count). The number of piperidine rings is 2. The normalized spacial score (nSPS) is 20.2. The highest BCUT2D eigenvalue weighted by molar-refractivity contribution is 5.98. The monoisotopic (exact) mass is 533 g/mol. The number of hydrogen-bond donors (Lipinski definition) is 2. The summed E-state index contributed by atoms with van der Waals surface area (Å²) >= 11 is 0. The van der Waals surface area contributed by atoms with E-state index in [-0.39, 0.29) is 23.1 Å². The molecule has 2 aromatic rings. The van der Waals surface area contributed by atoms with Crippen LogP contribution in [-0.2, 0) is 15.8 Å². The van der Waals surface area contributed by atoms with Crippen molar-refractivity contribution in [2.45, 2.75) is 51.2 Å². The molecule has 2 N–H and O–H groups in total. The molecule has 1 spiro atoms. The van der Waals surface area contributed by atoms with Gasteiger partial charge in [0, 0.05) is 32.0 Å². The maximum absolute atomic E-state index is 14.3. The quantitative estimate of drug-likeness (QED) is 0.556. The lowest BCUT2D eigenvalue weighted by Gasteiger charge is -2.49. The molecule has 0 radical (unpaired) electrons. The second-order valence-electron chi connectivity index (χ2n) is 10.5. The summed E-state index contributed by atoms with van der Waals surface area (Å²) in [5.41, 5.74) is -1.10. The first-order valence-corrected chi connectivity index (χ1v) is 12.7. The van der Waals surface area contributed by atoms with E-state index in [4.69, 9.17) is 0 Å². The number of alkyl halides is 3. The fourth-order valence-electron chi connectivity index (χ4n) is 5.60. The molecule has 2 saturated heterocycles. The SMILES string of the molecule is CC(C)[C@H](NC(=O)c1cc(C(F)(F)F)ccc1F)C(=O)N1CCC2(CC1)CC(=O)NCC2c1ccccc1. The van der Waals surface area contributed by atoms with E-state index in [1.165, 1.54) is 0 Å². The first kappa shape index (κ1) is 27.6. The Bertz CT molecular complexity index is 1190. The third kappa shape index (κ3) is 5.68. The van der Waals surface area contributed by atoms with Gasteiger partial charge in [0.1, 0.15) is 11.9 Å². The molecule has 0 bridgehead atoms. The van der Waals surface area contributed by atoms with E-state index in [9.17, 15) is 31.9 Å². The van der Waals surface area contributed by atoms with E-state index < -0.39 is 41.0 Å². The predicted molar refractivity (Wildman–Crippen MR) is 133 cm³/mol. The number of nitrogens with one attached hydrogen (secondary N) is 2. The third-order valence-corrected chi connectivity index (χ3v) is 7.79. The Morgan fingerprint density at radius 2 is 1.74 bits per heavy atom. The van der Waals surface area contributed by atoms with Crippen LogP contribution in [0.15, 0.2) is 48.5 Å². The Hall–Kier alpha value is -3.43. The zero-order chi connectivity index (χ0) is 27.7. The van der Waals surface area contributed by atoms with Gasteiger partial charge in [-0.15, -0.1) is 0 Å². The fraction of sp³-hybridized carbons (Fsp3) is 0.464. The Morgan fingerprint density at radius 3 is 2.34 bits per heavy atom. The van der Waals surface area contributed by atoms with Gasteiger partial charge in [-0.05, 0) is 47.9 Å². The van der Waals surface area contributed by atoms with Gasteiger partial charge in [0.05, 0.1) is 11.1 Å². The average molecular weight is 534 g/mol. The zero-order valence-corrected chi connectivity index (χ0v) is 21.3. The summed E-state index contributed by atoms with van der Waals surface area (Å²) in [4.78, 5) is 40.2. The number of carbonyl (C=O) groups excluding carboxylic acids is 3. The minimum absolute atomic E-state index is 0.0209. The standard InChI is InChI=1S/C28H31F4N3O3/c1-17(2)24(34-25(37)20-14-19(28(30,31)32)8-9-22(20)29)26(38)35-12-10-27(11-13-35)15-23(36)33-16-21(27)18-6-4-3-5-7-18/h3-9,14,17,21,24H,10-13,15-16H2,1-2H3,(H,33,36)(H,34,37)/t21?,24-/m0/s1. The number of nitrogens with zero attached hydrogens (tertiary/aromatic N) is 1. The Labute approximate surface area is 218 Å². The van der Waals surface area contributed by atoms with Crippen molar-refractivity contribution in [3.8, 4) is 0 Å². The lowest BCUT2D eigenvalue weighted by molar-refractivity contribution is -0.139. The molecule has 3 amide bonds. The summed E-state index contributed by atoms with van der Waals surface area (Å²) < 4.78 is 53.6. The highest BCUT2D eigenvalue weighted by atomic mass is 19.4. The largest absolute Gasteiger partial charge is 0.416 e.